The van der Waals surface area contributed by atoms with Gasteiger partial charge in [-0.05, 0) is 12.1 Å². The molecule has 1 amide bonds. The third-order valence-corrected chi connectivity index (χ3v) is 2.42. The third-order valence-electron chi connectivity index (χ3n) is 2.42. The van der Waals surface area contributed by atoms with Crippen LogP contribution in [0.15, 0.2) is 37.1 Å². The topological polar surface area (TPSA) is 59.8 Å². The predicted molar refractivity (Wildman–Crippen MR) is 61.0 cm³/mol. The van der Waals surface area contributed by atoms with Gasteiger partial charge >= 0.3 is 18.0 Å². The molecule has 0 aliphatic heterocycles. The molecule has 5 nitrogen and oxygen atoms in total. The number of halogens is 5. The molecule has 1 N–H and O–H groups in total. The summed E-state index contributed by atoms with van der Waals surface area (Å²) in [5.74, 6) is -7.59. The van der Waals surface area contributed by atoms with Crippen molar-refractivity contribution in [3.8, 4) is 5.82 Å². The van der Waals surface area contributed by atoms with Crippen molar-refractivity contribution in [3.05, 3.63) is 37.1 Å². The molecule has 0 radical (unpaired) electrons. The maximum Gasteiger partial charge on any atom is 0.463 e. The van der Waals surface area contributed by atoms with Crippen LogP contribution in [-0.4, -0.2) is 32.5 Å². The second-order valence-corrected chi connectivity index (χ2v) is 3.90. The van der Waals surface area contributed by atoms with E-state index in [2.05, 4.69) is 9.97 Å². The summed E-state index contributed by atoms with van der Waals surface area (Å²) in [6, 6.07) is 2.47. The molecule has 0 fully saturated rings. The van der Waals surface area contributed by atoms with Crippen molar-refractivity contribution in [1.82, 2.24) is 14.5 Å². The number of amides is 1. The number of nitrogens with one attached hydrogen (secondary N) is 1. The fourth-order valence-electron chi connectivity index (χ4n) is 1.35. The van der Waals surface area contributed by atoms with Gasteiger partial charge < -0.3 is 5.32 Å². The van der Waals surface area contributed by atoms with Gasteiger partial charge in [0.25, 0.3) is 0 Å². The molecule has 2 rings (SSSR count). The van der Waals surface area contributed by atoms with E-state index in [1.165, 1.54) is 28.5 Å². The van der Waals surface area contributed by atoms with E-state index in [1.54, 1.807) is 6.20 Å². The molecule has 0 aromatic carbocycles. The lowest BCUT2D eigenvalue weighted by Crippen LogP contribution is -2.47. The van der Waals surface area contributed by atoms with E-state index in [0.29, 0.717) is 5.82 Å². The molecule has 10 heteroatoms. The second kappa shape index (κ2) is 5.11. The molecular formula is C11H7F5N4O. The first-order chi connectivity index (χ1) is 9.72. The van der Waals surface area contributed by atoms with Crippen LogP contribution in [-0.2, 0) is 4.79 Å². The zero-order valence-corrected chi connectivity index (χ0v) is 10.1. The monoisotopic (exact) mass is 306 g/mol. The smallest absolute Gasteiger partial charge is 0.319 e. The molecule has 21 heavy (non-hydrogen) atoms. The summed E-state index contributed by atoms with van der Waals surface area (Å²) in [5.41, 5.74) is -0.284. The fourth-order valence-corrected chi connectivity index (χ4v) is 1.35. The summed E-state index contributed by atoms with van der Waals surface area (Å²) >= 11 is 0. The van der Waals surface area contributed by atoms with Crippen molar-refractivity contribution in [2.45, 2.75) is 12.1 Å². The molecule has 2 heterocycles. The summed E-state index contributed by atoms with van der Waals surface area (Å²) in [6.45, 7) is 0. The fraction of sp³-hybridized carbons (Fsp3) is 0.182. The lowest BCUT2D eigenvalue weighted by atomic mass is 10.3. The molecule has 0 saturated carbocycles. The lowest BCUT2D eigenvalue weighted by Gasteiger charge is -2.18. The molecule has 0 saturated heterocycles. The molecule has 2 aromatic heterocycles. The summed E-state index contributed by atoms with van der Waals surface area (Å²) in [5, 5.41) is 1.46. The van der Waals surface area contributed by atoms with Crippen LogP contribution in [0.25, 0.3) is 5.82 Å². The highest BCUT2D eigenvalue weighted by atomic mass is 19.4. The van der Waals surface area contributed by atoms with Crippen LogP contribution >= 0.6 is 0 Å². The molecular weight excluding hydrogens is 299 g/mol. The highest BCUT2D eigenvalue weighted by Gasteiger charge is 2.63. The Morgan fingerprint density at radius 3 is 2.38 bits per heavy atom. The van der Waals surface area contributed by atoms with Crippen molar-refractivity contribution < 1.29 is 26.7 Å². The van der Waals surface area contributed by atoms with Crippen LogP contribution in [0, 0.1) is 0 Å². The van der Waals surface area contributed by atoms with Gasteiger partial charge in [0.15, 0.2) is 0 Å². The number of alkyl halides is 5. The molecule has 0 bridgehead atoms. The first kappa shape index (κ1) is 14.9. The number of aromatic nitrogens is 3. The van der Waals surface area contributed by atoms with Crippen LogP contribution in [0.5, 0.6) is 0 Å². The minimum atomic E-state index is -5.96. The zero-order valence-electron chi connectivity index (χ0n) is 10.1. The number of pyridine rings is 1. The SMILES string of the molecule is O=C(Nc1ccc(-n2ccnc2)nc1)C(F)(F)C(F)(F)F. The van der Waals surface area contributed by atoms with E-state index in [4.69, 9.17) is 0 Å². The summed E-state index contributed by atoms with van der Waals surface area (Å²) in [4.78, 5) is 18.5. The quantitative estimate of drug-likeness (QED) is 0.886. The Bertz CT molecular complexity index is 621. The van der Waals surface area contributed by atoms with Gasteiger partial charge in [-0.15, -0.1) is 0 Å². The van der Waals surface area contributed by atoms with Gasteiger partial charge in [-0.2, -0.15) is 22.0 Å². The number of hydrogen-bond donors (Lipinski definition) is 1. The molecule has 0 unspecified atom stereocenters. The maximum atomic E-state index is 12.7. The second-order valence-electron chi connectivity index (χ2n) is 3.90. The first-order valence-corrected chi connectivity index (χ1v) is 5.42. The molecule has 112 valence electrons. The van der Waals surface area contributed by atoms with E-state index < -0.39 is 18.0 Å². The van der Waals surface area contributed by atoms with Crippen LogP contribution in [0.3, 0.4) is 0 Å². The van der Waals surface area contributed by atoms with E-state index >= 15 is 0 Å². The Labute approximate surface area is 114 Å². The normalized spacial score (nSPS) is 12.2. The molecule has 0 spiro atoms. The van der Waals surface area contributed by atoms with Crippen molar-refractivity contribution in [2.24, 2.45) is 0 Å². The Morgan fingerprint density at radius 2 is 1.90 bits per heavy atom. The van der Waals surface area contributed by atoms with E-state index in [0.717, 1.165) is 12.3 Å². The predicted octanol–water partition coefficient (Wildman–Crippen LogP) is 2.40. The van der Waals surface area contributed by atoms with Crippen LogP contribution in [0.4, 0.5) is 27.6 Å². The van der Waals surface area contributed by atoms with Crippen LogP contribution < -0.4 is 5.32 Å². The summed E-state index contributed by atoms with van der Waals surface area (Å²) < 4.78 is 63.0. The molecule has 0 aliphatic rings. The minimum absolute atomic E-state index is 0.284. The zero-order chi connectivity index (χ0) is 15.7. The molecule has 0 atom stereocenters. The largest absolute Gasteiger partial charge is 0.463 e. The van der Waals surface area contributed by atoms with Gasteiger partial charge in [-0.1, -0.05) is 0 Å². The van der Waals surface area contributed by atoms with Gasteiger partial charge in [0, 0.05) is 12.4 Å². The highest BCUT2D eigenvalue weighted by Crippen LogP contribution is 2.36. The minimum Gasteiger partial charge on any atom is -0.319 e. The number of hydrogen-bond acceptors (Lipinski definition) is 3. The third kappa shape index (κ3) is 2.98. The Hall–Kier alpha value is -2.52. The average molecular weight is 306 g/mol. The lowest BCUT2D eigenvalue weighted by molar-refractivity contribution is -0.267. The standard InChI is InChI=1S/C11H7F5N4O/c12-10(13,11(14,15)16)9(21)19-7-1-2-8(18-5-7)20-4-3-17-6-20/h1-6H,(H,19,21). The summed E-state index contributed by atoms with van der Waals surface area (Å²) in [7, 11) is 0. The van der Waals surface area contributed by atoms with E-state index in [-0.39, 0.29) is 5.69 Å². The van der Waals surface area contributed by atoms with Crippen molar-refractivity contribution in [3.63, 3.8) is 0 Å². The van der Waals surface area contributed by atoms with Gasteiger partial charge in [-0.3, -0.25) is 9.36 Å². The molecule has 2 aromatic rings. The number of carbonyl (C=O) groups is 1. The van der Waals surface area contributed by atoms with E-state index in [1.807, 2.05) is 0 Å². The van der Waals surface area contributed by atoms with Gasteiger partial charge in [-0.25, -0.2) is 9.97 Å². The Balaban J connectivity index is 2.12. The first-order valence-electron chi connectivity index (χ1n) is 5.42. The number of nitrogens with zero attached hydrogens (tertiary/aromatic N) is 3. The van der Waals surface area contributed by atoms with Crippen molar-refractivity contribution >= 4 is 11.6 Å². The number of rotatable bonds is 3. The number of imidazole rings is 1. The van der Waals surface area contributed by atoms with E-state index in [9.17, 15) is 26.7 Å². The number of carbonyl (C=O) groups excluding carboxylic acids is 1. The van der Waals surface area contributed by atoms with Crippen molar-refractivity contribution in [2.75, 3.05) is 5.32 Å². The average Bonchev–Trinajstić information content (AvgIpc) is 2.92. The van der Waals surface area contributed by atoms with Gasteiger partial charge in [0.2, 0.25) is 0 Å². The van der Waals surface area contributed by atoms with Crippen LogP contribution in [0.1, 0.15) is 0 Å². The maximum absolute atomic E-state index is 12.7. The number of anilines is 1. The Morgan fingerprint density at radius 1 is 1.19 bits per heavy atom. The highest BCUT2D eigenvalue weighted by molar-refractivity contribution is 5.96. The van der Waals surface area contributed by atoms with Gasteiger partial charge in [0.1, 0.15) is 12.1 Å². The molecule has 0 aliphatic carbocycles. The van der Waals surface area contributed by atoms with Gasteiger partial charge in [0.05, 0.1) is 11.9 Å². The van der Waals surface area contributed by atoms with Crippen molar-refractivity contribution in [1.29, 1.82) is 0 Å². The van der Waals surface area contributed by atoms with Crippen LogP contribution in [0.2, 0.25) is 0 Å². The summed E-state index contributed by atoms with van der Waals surface area (Å²) in [6.07, 6.45) is -0.557. The Kier molecular flexibility index (Phi) is 3.62.